The Labute approximate surface area is 166 Å². The van der Waals surface area contributed by atoms with Gasteiger partial charge in [-0.1, -0.05) is 0 Å². The molecule has 5 rings (SSSR count). The number of anilines is 1. The number of carbonyl (C=O) groups excluding carboxylic acids is 1. The molecule has 146 valence electrons. The van der Waals surface area contributed by atoms with E-state index in [1.807, 2.05) is 45.4 Å². The van der Waals surface area contributed by atoms with Crippen LogP contribution in [0.2, 0.25) is 0 Å². The zero-order valence-electron chi connectivity index (χ0n) is 15.9. The summed E-state index contributed by atoms with van der Waals surface area (Å²) in [5.41, 5.74) is 2.01. The molecule has 4 aromatic rings. The highest BCUT2D eigenvalue weighted by molar-refractivity contribution is 5.93. The summed E-state index contributed by atoms with van der Waals surface area (Å²) in [6, 6.07) is 3.73. The predicted octanol–water partition coefficient (Wildman–Crippen LogP) is 0.882. The fourth-order valence-corrected chi connectivity index (χ4v) is 3.59. The van der Waals surface area contributed by atoms with Crippen LogP contribution in [0.25, 0.3) is 17.2 Å². The van der Waals surface area contributed by atoms with Gasteiger partial charge in [0.1, 0.15) is 11.4 Å². The number of fused-ring (bicyclic) bond motifs is 1. The lowest BCUT2D eigenvalue weighted by atomic mass is 10.2. The standard InChI is InChI=1S/C19H19N9O/c1-25-7-2-3-15(25)19(29)27-11-9-26(10-12-27)17-18-24-23-16(28(18)8-6-22-17)14-13-20-4-5-21-14/h2-8,13H,9-12H2,1H3. The second-order valence-electron chi connectivity index (χ2n) is 6.84. The monoisotopic (exact) mass is 389 g/mol. The molecule has 4 aromatic heterocycles. The molecular formula is C19H19N9O. The van der Waals surface area contributed by atoms with Crippen molar-refractivity contribution in [2.75, 3.05) is 31.1 Å². The van der Waals surface area contributed by atoms with Crippen LogP contribution in [0.3, 0.4) is 0 Å². The van der Waals surface area contributed by atoms with Gasteiger partial charge in [-0.2, -0.15) is 0 Å². The van der Waals surface area contributed by atoms with Crippen LogP contribution in [0.15, 0.2) is 49.3 Å². The van der Waals surface area contributed by atoms with E-state index >= 15 is 0 Å². The summed E-state index contributed by atoms with van der Waals surface area (Å²) in [6.45, 7) is 2.60. The van der Waals surface area contributed by atoms with E-state index in [4.69, 9.17) is 0 Å². The third-order valence-electron chi connectivity index (χ3n) is 5.13. The second kappa shape index (κ2) is 6.97. The Balaban J connectivity index is 1.38. The first-order chi connectivity index (χ1) is 14.2. The first-order valence-electron chi connectivity index (χ1n) is 9.34. The van der Waals surface area contributed by atoms with Crippen molar-refractivity contribution in [3.05, 3.63) is 55.0 Å². The molecule has 0 aromatic carbocycles. The smallest absolute Gasteiger partial charge is 0.270 e. The largest absolute Gasteiger partial charge is 0.350 e. The average molecular weight is 389 g/mol. The van der Waals surface area contributed by atoms with Gasteiger partial charge in [0.25, 0.3) is 5.91 Å². The van der Waals surface area contributed by atoms with Crippen molar-refractivity contribution in [1.29, 1.82) is 0 Å². The minimum absolute atomic E-state index is 0.0516. The topological polar surface area (TPSA) is 97.3 Å². The lowest BCUT2D eigenvalue weighted by Crippen LogP contribution is -2.49. The summed E-state index contributed by atoms with van der Waals surface area (Å²) in [7, 11) is 1.88. The van der Waals surface area contributed by atoms with Crippen molar-refractivity contribution in [3.8, 4) is 11.5 Å². The van der Waals surface area contributed by atoms with Crippen LogP contribution in [0, 0.1) is 0 Å². The molecule has 5 heterocycles. The van der Waals surface area contributed by atoms with E-state index in [1.165, 1.54) is 0 Å². The van der Waals surface area contributed by atoms with E-state index in [0.29, 0.717) is 49.0 Å². The summed E-state index contributed by atoms with van der Waals surface area (Å²) in [4.78, 5) is 29.7. The molecule has 0 N–H and O–H groups in total. The molecule has 0 radical (unpaired) electrons. The van der Waals surface area contributed by atoms with E-state index in [-0.39, 0.29) is 5.91 Å². The van der Waals surface area contributed by atoms with Gasteiger partial charge >= 0.3 is 0 Å². The van der Waals surface area contributed by atoms with Crippen molar-refractivity contribution in [3.63, 3.8) is 0 Å². The highest BCUT2D eigenvalue weighted by Gasteiger charge is 2.26. The molecule has 0 spiro atoms. The Morgan fingerprint density at radius 1 is 1.00 bits per heavy atom. The zero-order chi connectivity index (χ0) is 19.8. The SMILES string of the molecule is Cn1cccc1C(=O)N1CCN(c2nccn3c(-c4cnccn4)nnc23)CC1. The number of piperazine rings is 1. The van der Waals surface area contributed by atoms with Gasteiger partial charge < -0.3 is 14.4 Å². The minimum Gasteiger partial charge on any atom is -0.350 e. The molecule has 10 nitrogen and oxygen atoms in total. The Kier molecular flexibility index (Phi) is 4.15. The molecule has 1 amide bonds. The molecular weight excluding hydrogens is 370 g/mol. The highest BCUT2D eigenvalue weighted by atomic mass is 16.2. The van der Waals surface area contributed by atoms with Crippen LogP contribution in [-0.4, -0.2) is 71.1 Å². The Morgan fingerprint density at radius 2 is 1.86 bits per heavy atom. The zero-order valence-corrected chi connectivity index (χ0v) is 15.9. The maximum Gasteiger partial charge on any atom is 0.270 e. The second-order valence-corrected chi connectivity index (χ2v) is 6.84. The molecule has 10 heteroatoms. The van der Waals surface area contributed by atoms with Gasteiger partial charge in [-0.05, 0) is 12.1 Å². The third kappa shape index (κ3) is 2.98. The summed E-state index contributed by atoms with van der Waals surface area (Å²) in [6.07, 6.45) is 10.3. The van der Waals surface area contributed by atoms with Crippen molar-refractivity contribution in [2.24, 2.45) is 7.05 Å². The maximum absolute atomic E-state index is 12.7. The van der Waals surface area contributed by atoms with Crippen LogP contribution in [0.4, 0.5) is 5.82 Å². The van der Waals surface area contributed by atoms with Gasteiger partial charge in [0, 0.05) is 64.2 Å². The van der Waals surface area contributed by atoms with Crippen molar-refractivity contribution < 1.29 is 4.79 Å². The number of hydrogen-bond acceptors (Lipinski definition) is 7. The van der Waals surface area contributed by atoms with Gasteiger partial charge in [0.2, 0.25) is 5.65 Å². The molecule has 0 unspecified atom stereocenters. The first-order valence-corrected chi connectivity index (χ1v) is 9.34. The van der Waals surface area contributed by atoms with Gasteiger partial charge in [0.05, 0.1) is 6.20 Å². The summed E-state index contributed by atoms with van der Waals surface area (Å²) in [5.74, 6) is 1.42. The van der Waals surface area contributed by atoms with Crippen LogP contribution in [0.5, 0.6) is 0 Å². The summed E-state index contributed by atoms with van der Waals surface area (Å²) in [5, 5.41) is 8.62. The van der Waals surface area contributed by atoms with E-state index in [9.17, 15) is 4.79 Å². The summed E-state index contributed by atoms with van der Waals surface area (Å²) >= 11 is 0. The molecule has 29 heavy (non-hydrogen) atoms. The van der Waals surface area contributed by atoms with Crippen molar-refractivity contribution in [1.82, 2.24) is 39.0 Å². The lowest BCUT2D eigenvalue weighted by molar-refractivity contribution is 0.0737. The van der Waals surface area contributed by atoms with E-state index in [1.54, 1.807) is 24.8 Å². The molecule has 1 fully saturated rings. The summed E-state index contributed by atoms with van der Waals surface area (Å²) < 4.78 is 3.72. The Bertz CT molecular complexity index is 1160. The number of hydrogen-bond donors (Lipinski definition) is 0. The van der Waals surface area contributed by atoms with E-state index in [0.717, 1.165) is 5.82 Å². The Hall–Kier alpha value is -3.82. The normalized spacial score (nSPS) is 14.5. The van der Waals surface area contributed by atoms with Gasteiger partial charge in [-0.25, -0.2) is 9.97 Å². The van der Waals surface area contributed by atoms with Crippen LogP contribution >= 0.6 is 0 Å². The molecule has 0 aliphatic carbocycles. The number of amides is 1. The fraction of sp³-hybridized carbons (Fsp3) is 0.263. The minimum atomic E-state index is 0.0516. The van der Waals surface area contributed by atoms with Crippen molar-refractivity contribution in [2.45, 2.75) is 0 Å². The van der Waals surface area contributed by atoms with Crippen LogP contribution in [-0.2, 0) is 7.05 Å². The number of rotatable bonds is 3. The van der Waals surface area contributed by atoms with E-state index in [2.05, 4.69) is 30.0 Å². The van der Waals surface area contributed by atoms with Gasteiger partial charge in [0.15, 0.2) is 11.6 Å². The average Bonchev–Trinajstić information content (AvgIpc) is 3.40. The lowest BCUT2D eigenvalue weighted by Gasteiger charge is -2.35. The van der Waals surface area contributed by atoms with E-state index < -0.39 is 0 Å². The predicted molar refractivity (Wildman–Crippen MR) is 105 cm³/mol. The number of nitrogens with zero attached hydrogens (tertiary/aromatic N) is 9. The molecule has 1 aliphatic heterocycles. The fourth-order valence-electron chi connectivity index (χ4n) is 3.59. The molecule has 1 saturated heterocycles. The number of aromatic nitrogens is 7. The highest BCUT2D eigenvalue weighted by Crippen LogP contribution is 2.23. The molecule has 1 aliphatic rings. The van der Waals surface area contributed by atoms with Gasteiger partial charge in [-0.3, -0.25) is 14.2 Å². The quantitative estimate of drug-likeness (QED) is 0.513. The molecule has 0 saturated carbocycles. The number of carbonyl (C=O) groups is 1. The maximum atomic E-state index is 12.7. The van der Waals surface area contributed by atoms with Crippen LogP contribution < -0.4 is 4.90 Å². The van der Waals surface area contributed by atoms with Crippen LogP contribution in [0.1, 0.15) is 10.5 Å². The Morgan fingerprint density at radius 3 is 2.59 bits per heavy atom. The van der Waals surface area contributed by atoms with Crippen molar-refractivity contribution >= 4 is 17.4 Å². The molecule has 0 atom stereocenters. The third-order valence-corrected chi connectivity index (χ3v) is 5.13. The first kappa shape index (κ1) is 17.3. The number of aryl methyl sites for hydroxylation is 1. The molecule has 0 bridgehead atoms. The van der Waals surface area contributed by atoms with Gasteiger partial charge in [-0.15, -0.1) is 10.2 Å².